The van der Waals surface area contributed by atoms with Crippen LogP contribution in [0.15, 0.2) is 18.2 Å². The predicted molar refractivity (Wildman–Crippen MR) is 77.4 cm³/mol. The molecule has 1 aromatic carbocycles. The van der Waals surface area contributed by atoms with E-state index in [0.29, 0.717) is 23.5 Å². The van der Waals surface area contributed by atoms with Gasteiger partial charge in [0.15, 0.2) is 12.4 Å². The largest absolute Gasteiger partial charge is 0.479 e. The number of hydrogen-bond donors (Lipinski definition) is 2. The number of fused-ring (bicyclic) bond motifs is 1. The molecule has 2 aliphatic heterocycles. The number of benzene rings is 1. The molecule has 1 aromatic rings. The fourth-order valence-corrected chi connectivity index (χ4v) is 2.59. The molecule has 0 aliphatic carbocycles. The van der Waals surface area contributed by atoms with E-state index in [1.807, 2.05) is 0 Å². The predicted octanol–water partition coefficient (Wildman–Crippen LogP) is 1.92. The third kappa shape index (κ3) is 3.33. The van der Waals surface area contributed by atoms with E-state index in [1.54, 1.807) is 18.2 Å². The van der Waals surface area contributed by atoms with E-state index in [-0.39, 0.29) is 24.5 Å². The molecular formula is C15H18N2O4. The highest BCUT2D eigenvalue weighted by atomic mass is 16.5. The SMILES string of the molecule is O=C1COc2c(cccc2NC(=O)CC2CCCCO2)N1. The summed E-state index contributed by atoms with van der Waals surface area (Å²) >= 11 is 0. The molecule has 2 N–H and O–H groups in total. The minimum Gasteiger partial charge on any atom is -0.479 e. The molecule has 112 valence electrons. The van der Waals surface area contributed by atoms with Gasteiger partial charge >= 0.3 is 0 Å². The maximum absolute atomic E-state index is 12.1. The quantitative estimate of drug-likeness (QED) is 0.891. The Balaban J connectivity index is 1.66. The molecule has 1 unspecified atom stereocenters. The Hall–Kier alpha value is -2.08. The molecule has 1 saturated heterocycles. The molecule has 1 fully saturated rings. The Kier molecular flexibility index (Phi) is 4.06. The van der Waals surface area contributed by atoms with Crippen molar-refractivity contribution in [2.24, 2.45) is 0 Å². The van der Waals surface area contributed by atoms with E-state index in [0.717, 1.165) is 25.9 Å². The normalized spacial score (nSPS) is 21.0. The van der Waals surface area contributed by atoms with Crippen molar-refractivity contribution in [2.75, 3.05) is 23.8 Å². The van der Waals surface area contributed by atoms with Gasteiger partial charge in [-0.2, -0.15) is 0 Å². The van der Waals surface area contributed by atoms with Gasteiger partial charge in [0.1, 0.15) is 0 Å². The second-order valence-corrected chi connectivity index (χ2v) is 5.26. The lowest BCUT2D eigenvalue weighted by Gasteiger charge is -2.23. The second kappa shape index (κ2) is 6.13. The maximum atomic E-state index is 12.1. The summed E-state index contributed by atoms with van der Waals surface area (Å²) in [5.74, 6) is 0.215. The van der Waals surface area contributed by atoms with Crippen molar-refractivity contribution in [3.63, 3.8) is 0 Å². The number of hydrogen-bond acceptors (Lipinski definition) is 4. The van der Waals surface area contributed by atoms with Gasteiger partial charge in [-0.15, -0.1) is 0 Å². The molecule has 6 heteroatoms. The van der Waals surface area contributed by atoms with Crippen LogP contribution in [0.5, 0.6) is 5.75 Å². The lowest BCUT2D eigenvalue weighted by Crippen LogP contribution is -2.28. The molecule has 0 radical (unpaired) electrons. The molecular weight excluding hydrogens is 272 g/mol. The van der Waals surface area contributed by atoms with E-state index >= 15 is 0 Å². The summed E-state index contributed by atoms with van der Waals surface area (Å²) in [5, 5.41) is 5.55. The average molecular weight is 290 g/mol. The van der Waals surface area contributed by atoms with Gasteiger partial charge in [0.05, 0.1) is 23.9 Å². The first-order valence-electron chi connectivity index (χ1n) is 7.19. The third-order valence-corrected chi connectivity index (χ3v) is 3.60. The van der Waals surface area contributed by atoms with Crippen molar-refractivity contribution in [2.45, 2.75) is 31.8 Å². The first-order valence-corrected chi connectivity index (χ1v) is 7.19. The number of amides is 2. The zero-order valence-electron chi connectivity index (χ0n) is 11.7. The van der Waals surface area contributed by atoms with Gasteiger partial charge in [0.25, 0.3) is 5.91 Å². The van der Waals surface area contributed by atoms with Crippen LogP contribution in [0, 0.1) is 0 Å². The van der Waals surface area contributed by atoms with Crippen molar-refractivity contribution in [1.29, 1.82) is 0 Å². The molecule has 1 atom stereocenters. The second-order valence-electron chi connectivity index (χ2n) is 5.26. The molecule has 0 spiro atoms. The van der Waals surface area contributed by atoms with Crippen LogP contribution >= 0.6 is 0 Å². The summed E-state index contributed by atoms with van der Waals surface area (Å²) in [6, 6.07) is 5.27. The summed E-state index contributed by atoms with van der Waals surface area (Å²) in [6.07, 6.45) is 3.44. The molecule has 6 nitrogen and oxygen atoms in total. The van der Waals surface area contributed by atoms with Gasteiger partial charge in [0.2, 0.25) is 5.91 Å². The van der Waals surface area contributed by atoms with Crippen LogP contribution in [0.25, 0.3) is 0 Å². The molecule has 2 heterocycles. The number of carbonyl (C=O) groups excluding carboxylic acids is 2. The lowest BCUT2D eigenvalue weighted by molar-refractivity contribution is -0.120. The van der Waals surface area contributed by atoms with Crippen molar-refractivity contribution in [1.82, 2.24) is 0 Å². The molecule has 2 amide bonds. The van der Waals surface area contributed by atoms with Gasteiger partial charge < -0.3 is 20.1 Å². The molecule has 0 bridgehead atoms. The molecule has 3 rings (SSSR count). The van der Waals surface area contributed by atoms with Crippen LogP contribution in [-0.2, 0) is 14.3 Å². The van der Waals surface area contributed by atoms with Gasteiger partial charge in [-0.25, -0.2) is 0 Å². The number of anilines is 2. The maximum Gasteiger partial charge on any atom is 0.262 e. The fraction of sp³-hybridized carbons (Fsp3) is 0.467. The van der Waals surface area contributed by atoms with Gasteiger partial charge in [-0.1, -0.05) is 6.07 Å². The Morgan fingerprint density at radius 1 is 1.38 bits per heavy atom. The number of nitrogens with one attached hydrogen (secondary N) is 2. The van der Waals surface area contributed by atoms with Gasteiger partial charge in [-0.3, -0.25) is 9.59 Å². The van der Waals surface area contributed by atoms with Crippen molar-refractivity contribution >= 4 is 23.2 Å². The van der Waals surface area contributed by atoms with E-state index in [2.05, 4.69) is 10.6 Å². The van der Waals surface area contributed by atoms with E-state index in [1.165, 1.54) is 0 Å². The highest BCUT2D eigenvalue weighted by molar-refractivity contribution is 6.00. The monoisotopic (exact) mass is 290 g/mol. The van der Waals surface area contributed by atoms with Crippen LogP contribution in [0.4, 0.5) is 11.4 Å². The van der Waals surface area contributed by atoms with Crippen LogP contribution < -0.4 is 15.4 Å². The number of rotatable bonds is 3. The van der Waals surface area contributed by atoms with Gasteiger partial charge in [0, 0.05) is 6.61 Å². The van der Waals surface area contributed by atoms with Crippen LogP contribution in [-0.4, -0.2) is 31.1 Å². The molecule has 0 saturated carbocycles. The summed E-state index contributed by atoms with van der Waals surface area (Å²) in [5.41, 5.74) is 1.16. The Morgan fingerprint density at radius 2 is 2.29 bits per heavy atom. The molecule has 21 heavy (non-hydrogen) atoms. The first kappa shape index (κ1) is 13.9. The van der Waals surface area contributed by atoms with Crippen LogP contribution in [0.1, 0.15) is 25.7 Å². The Bertz CT molecular complexity index is 553. The minimum atomic E-state index is -0.193. The van der Waals surface area contributed by atoms with E-state index in [9.17, 15) is 9.59 Å². The van der Waals surface area contributed by atoms with Crippen LogP contribution in [0.2, 0.25) is 0 Å². The highest BCUT2D eigenvalue weighted by Crippen LogP contribution is 2.35. The summed E-state index contributed by atoms with van der Waals surface area (Å²) < 4.78 is 11.0. The molecule has 2 aliphatic rings. The minimum absolute atomic E-state index is 0.00101. The topological polar surface area (TPSA) is 76.7 Å². The molecule has 0 aromatic heterocycles. The number of ether oxygens (including phenoxy) is 2. The number of carbonyl (C=O) groups is 2. The van der Waals surface area contributed by atoms with Crippen molar-refractivity contribution < 1.29 is 19.1 Å². The zero-order chi connectivity index (χ0) is 14.7. The zero-order valence-corrected chi connectivity index (χ0v) is 11.7. The number of para-hydroxylation sites is 1. The standard InChI is InChI=1S/C15H18N2O4/c18-13(8-10-4-1-2-7-20-10)16-11-5-3-6-12-15(11)21-9-14(19)17-12/h3,5-6,10H,1-2,4,7-9H2,(H,16,18)(H,17,19). The third-order valence-electron chi connectivity index (χ3n) is 3.60. The average Bonchev–Trinajstić information content (AvgIpc) is 2.48. The van der Waals surface area contributed by atoms with Crippen LogP contribution in [0.3, 0.4) is 0 Å². The van der Waals surface area contributed by atoms with E-state index in [4.69, 9.17) is 9.47 Å². The Morgan fingerprint density at radius 3 is 3.10 bits per heavy atom. The fourth-order valence-electron chi connectivity index (χ4n) is 2.59. The van der Waals surface area contributed by atoms with Crippen molar-refractivity contribution in [3.8, 4) is 5.75 Å². The lowest BCUT2D eigenvalue weighted by atomic mass is 10.1. The summed E-state index contributed by atoms with van der Waals surface area (Å²) in [6.45, 7) is 0.694. The van der Waals surface area contributed by atoms with Crippen molar-refractivity contribution in [3.05, 3.63) is 18.2 Å². The summed E-state index contributed by atoms with van der Waals surface area (Å²) in [4.78, 5) is 23.4. The van der Waals surface area contributed by atoms with E-state index < -0.39 is 0 Å². The summed E-state index contributed by atoms with van der Waals surface area (Å²) in [7, 11) is 0. The Labute approximate surface area is 122 Å². The first-order chi connectivity index (χ1) is 10.2. The van der Waals surface area contributed by atoms with Gasteiger partial charge in [-0.05, 0) is 31.4 Å². The highest BCUT2D eigenvalue weighted by Gasteiger charge is 2.22. The smallest absolute Gasteiger partial charge is 0.262 e.